The molecule has 0 aromatic rings. The summed E-state index contributed by atoms with van der Waals surface area (Å²) < 4.78 is 24.1. The Hall–Kier alpha value is -0.390. The minimum absolute atomic E-state index is 0.456. The molecule has 4 nitrogen and oxygen atoms in total. The maximum Gasteiger partial charge on any atom is 0.211 e. The van der Waals surface area contributed by atoms with Gasteiger partial charge in [0.05, 0.1) is 6.26 Å². The second-order valence-electron chi connectivity index (χ2n) is 4.60. The Labute approximate surface area is 98.8 Å². The Balaban J connectivity index is 2.25. The summed E-state index contributed by atoms with van der Waals surface area (Å²) in [5.41, 5.74) is 1.18. The molecule has 0 bridgehead atoms. The van der Waals surface area contributed by atoms with Crippen LogP contribution in [-0.4, -0.2) is 44.7 Å². The van der Waals surface area contributed by atoms with Crippen LogP contribution >= 0.6 is 0 Å². The Kier molecular flexibility index (Phi) is 4.95. The van der Waals surface area contributed by atoms with Crippen LogP contribution in [0, 0.1) is 0 Å². The zero-order valence-corrected chi connectivity index (χ0v) is 11.0. The minimum atomic E-state index is -2.99. The summed E-state index contributed by atoms with van der Waals surface area (Å²) in [6, 6.07) is 0.456. The molecule has 94 valence electrons. The van der Waals surface area contributed by atoms with Crippen molar-refractivity contribution in [3.8, 4) is 0 Å². The Morgan fingerprint density at radius 2 is 2.00 bits per heavy atom. The third kappa shape index (κ3) is 4.63. The fourth-order valence-corrected chi connectivity index (χ4v) is 2.76. The van der Waals surface area contributed by atoms with E-state index >= 15 is 0 Å². The highest BCUT2D eigenvalue weighted by atomic mass is 32.2. The first-order chi connectivity index (χ1) is 7.39. The molecule has 0 saturated carbocycles. The molecule has 16 heavy (non-hydrogen) atoms. The minimum Gasteiger partial charge on any atom is -0.314 e. The Morgan fingerprint density at radius 3 is 2.44 bits per heavy atom. The number of hydrogen-bond acceptors (Lipinski definition) is 3. The molecule has 0 aromatic carbocycles. The Bertz CT molecular complexity index is 330. The van der Waals surface area contributed by atoms with Gasteiger partial charge < -0.3 is 5.32 Å². The van der Waals surface area contributed by atoms with Gasteiger partial charge in [0.2, 0.25) is 10.0 Å². The molecule has 0 amide bonds. The van der Waals surface area contributed by atoms with Crippen LogP contribution in [0.5, 0.6) is 0 Å². The fraction of sp³-hybridized carbons (Fsp3) is 0.818. The van der Waals surface area contributed by atoms with Crippen molar-refractivity contribution >= 4 is 10.0 Å². The quantitative estimate of drug-likeness (QED) is 0.735. The van der Waals surface area contributed by atoms with Gasteiger partial charge in [-0.1, -0.05) is 5.57 Å². The predicted octanol–water partition coefficient (Wildman–Crippen LogP) is 0.966. The second-order valence-corrected chi connectivity index (χ2v) is 6.58. The van der Waals surface area contributed by atoms with E-state index in [0.717, 1.165) is 25.8 Å². The maximum atomic E-state index is 11.3. The van der Waals surface area contributed by atoms with Crippen molar-refractivity contribution in [1.82, 2.24) is 9.62 Å². The highest BCUT2D eigenvalue weighted by Gasteiger charge is 2.24. The molecule has 1 fully saturated rings. The van der Waals surface area contributed by atoms with Crippen molar-refractivity contribution in [2.24, 2.45) is 0 Å². The summed E-state index contributed by atoms with van der Waals surface area (Å²) in [7, 11) is -2.99. The molecule has 0 unspecified atom stereocenters. The zero-order chi connectivity index (χ0) is 12.2. The molecule has 5 heteroatoms. The summed E-state index contributed by atoms with van der Waals surface area (Å²) in [4.78, 5) is 0. The Morgan fingerprint density at radius 1 is 1.44 bits per heavy atom. The lowest BCUT2D eigenvalue weighted by molar-refractivity contribution is 0.292. The third-order valence-electron chi connectivity index (χ3n) is 2.91. The molecular weight excluding hydrogens is 224 g/mol. The summed E-state index contributed by atoms with van der Waals surface area (Å²) >= 11 is 0. The summed E-state index contributed by atoms with van der Waals surface area (Å²) in [6.45, 7) is 8.10. The summed E-state index contributed by atoms with van der Waals surface area (Å²) in [5.74, 6) is 0. The number of hydrogen-bond donors (Lipinski definition) is 1. The first kappa shape index (κ1) is 13.7. The maximum absolute atomic E-state index is 11.3. The van der Waals surface area contributed by atoms with E-state index in [4.69, 9.17) is 0 Å². The van der Waals surface area contributed by atoms with E-state index in [1.807, 2.05) is 6.92 Å². The van der Waals surface area contributed by atoms with Crippen LogP contribution < -0.4 is 5.32 Å². The van der Waals surface area contributed by atoms with E-state index in [2.05, 4.69) is 11.9 Å². The average molecular weight is 246 g/mol. The molecule has 1 aliphatic rings. The van der Waals surface area contributed by atoms with Crippen LogP contribution in [0.2, 0.25) is 0 Å². The summed E-state index contributed by atoms with van der Waals surface area (Å²) in [6.07, 6.45) is 4.08. The van der Waals surface area contributed by atoms with Gasteiger partial charge in [-0.05, 0) is 32.7 Å². The molecule has 0 aromatic heterocycles. The molecule has 0 atom stereocenters. The van der Waals surface area contributed by atoms with Crippen molar-refractivity contribution in [2.45, 2.75) is 32.2 Å². The number of piperidine rings is 1. The normalized spacial score (nSPS) is 19.9. The van der Waals surface area contributed by atoms with E-state index < -0.39 is 10.0 Å². The van der Waals surface area contributed by atoms with E-state index in [0.29, 0.717) is 19.1 Å². The zero-order valence-electron chi connectivity index (χ0n) is 10.2. The molecule has 1 saturated heterocycles. The number of nitrogens with one attached hydrogen (secondary N) is 1. The molecular formula is C11H22N2O2S. The average Bonchev–Trinajstić information content (AvgIpc) is 2.16. The van der Waals surface area contributed by atoms with Crippen LogP contribution in [0.15, 0.2) is 12.2 Å². The van der Waals surface area contributed by atoms with Gasteiger partial charge in [0.15, 0.2) is 0 Å². The van der Waals surface area contributed by atoms with Crippen LogP contribution in [0.4, 0.5) is 0 Å². The van der Waals surface area contributed by atoms with Crippen molar-refractivity contribution in [3.05, 3.63) is 12.2 Å². The van der Waals surface area contributed by atoms with Crippen molar-refractivity contribution in [2.75, 3.05) is 25.9 Å². The van der Waals surface area contributed by atoms with Crippen LogP contribution in [-0.2, 0) is 10.0 Å². The third-order valence-corrected chi connectivity index (χ3v) is 4.21. The number of rotatable bonds is 5. The first-order valence-electron chi connectivity index (χ1n) is 5.72. The molecule has 0 aliphatic carbocycles. The van der Waals surface area contributed by atoms with Crippen LogP contribution in [0.25, 0.3) is 0 Å². The van der Waals surface area contributed by atoms with E-state index in [1.165, 1.54) is 11.8 Å². The van der Waals surface area contributed by atoms with Crippen molar-refractivity contribution in [3.63, 3.8) is 0 Å². The lowest BCUT2D eigenvalue weighted by Gasteiger charge is -2.30. The van der Waals surface area contributed by atoms with Crippen LogP contribution in [0.1, 0.15) is 26.2 Å². The molecule has 1 heterocycles. The largest absolute Gasteiger partial charge is 0.314 e. The van der Waals surface area contributed by atoms with Crippen molar-refractivity contribution in [1.29, 1.82) is 0 Å². The first-order valence-corrected chi connectivity index (χ1v) is 7.57. The van der Waals surface area contributed by atoms with Gasteiger partial charge >= 0.3 is 0 Å². The van der Waals surface area contributed by atoms with E-state index in [-0.39, 0.29) is 0 Å². The van der Waals surface area contributed by atoms with E-state index in [9.17, 15) is 8.42 Å². The van der Waals surface area contributed by atoms with E-state index in [1.54, 1.807) is 4.31 Å². The number of sulfonamides is 1. The molecule has 0 spiro atoms. The summed E-state index contributed by atoms with van der Waals surface area (Å²) in [5, 5.41) is 3.44. The van der Waals surface area contributed by atoms with Gasteiger partial charge in [0, 0.05) is 19.1 Å². The highest BCUT2D eigenvalue weighted by molar-refractivity contribution is 7.88. The second kappa shape index (κ2) is 5.80. The lowest BCUT2D eigenvalue weighted by atomic mass is 10.1. The van der Waals surface area contributed by atoms with Gasteiger partial charge in [0.25, 0.3) is 0 Å². The van der Waals surface area contributed by atoms with Gasteiger partial charge in [-0.25, -0.2) is 12.7 Å². The standard InChI is InChI=1S/C11H22N2O2S/c1-10(2)4-7-12-11-5-8-13(9-6-11)16(3,14)15/h11-12H,1,4-9H2,2-3H3. The van der Waals surface area contributed by atoms with Crippen LogP contribution in [0.3, 0.4) is 0 Å². The highest BCUT2D eigenvalue weighted by Crippen LogP contribution is 2.13. The topological polar surface area (TPSA) is 49.4 Å². The molecule has 1 aliphatic heterocycles. The molecule has 0 radical (unpaired) electrons. The lowest BCUT2D eigenvalue weighted by Crippen LogP contribution is -2.44. The SMILES string of the molecule is C=C(C)CCNC1CCN(S(C)(=O)=O)CC1. The van der Waals surface area contributed by atoms with Gasteiger partial charge in [-0.2, -0.15) is 0 Å². The van der Waals surface area contributed by atoms with Gasteiger partial charge in [-0.3, -0.25) is 0 Å². The smallest absolute Gasteiger partial charge is 0.211 e. The van der Waals surface area contributed by atoms with Gasteiger partial charge in [0.1, 0.15) is 0 Å². The monoisotopic (exact) mass is 246 g/mol. The number of nitrogens with zero attached hydrogens (tertiary/aromatic N) is 1. The molecule has 1 rings (SSSR count). The van der Waals surface area contributed by atoms with Crippen molar-refractivity contribution < 1.29 is 8.42 Å². The van der Waals surface area contributed by atoms with Gasteiger partial charge in [-0.15, -0.1) is 6.58 Å². The fourth-order valence-electron chi connectivity index (χ4n) is 1.88. The predicted molar refractivity (Wildman–Crippen MR) is 66.9 cm³/mol. The molecule has 1 N–H and O–H groups in total.